The van der Waals surface area contributed by atoms with Crippen LogP contribution in [0.2, 0.25) is 0 Å². The summed E-state index contributed by atoms with van der Waals surface area (Å²) in [6.07, 6.45) is 0.0466. The number of hydrogen-bond donors (Lipinski definition) is 1. The number of benzene rings is 2. The van der Waals surface area contributed by atoms with E-state index >= 15 is 0 Å². The second kappa shape index (κ2) is 8.39. The molecule has 0 aromatic heterocycles. The number of nitrogens with one attached hydrogen (secondary N) is 1. The second-order valence-electron chi connectivity index (χ2n) is 6.05. The van der Waals surface area contributed by atoms with Gasteiger partial charge < -0.3 is 14.8 Å². The van der Waals surface area contributed by atoms with Crippen LogP contribution in [0.3, 0.4) is 0 Å². The van der Waals surface area contributed by atoms with Gasteiger partial charge in [-0.1, -0.05) is 37.3 Å². The largest absolute Gasteiger partial charge is 0.493 e. The Labute approximate surface area is 143 Å². The maximum absolute atomic E-state index is 12.4. The summed E-state index contributed by atoms with van der Waals surface area (Å²) in [5.41, 5.74) is 1.76. The minimum Gasteiger partial charge on any atom is -0.493 e. The zero-order valence-corrected chi connectivity index (χ0v) is 14.7. The van der Waals surface area contributed by atoms with Crippen molar-refractivity contribution in [3.8, 4) is 11.5 Å². The van der Waals surface area contributed by atoms with Crippen LogP contribution in [0.1, 0.15) is 42.6 Å². The normalized spacial score (nSPS) is 11.9. The number of carbonyl (C=O) groups excluding carboxylic acids is 1. The summed E-state index contributed by atoms with van der Waals surface area (Å²) in [4.78, 5) is 12.4. The van der Waals surface area contributed by atoms with Gasteiger partial charge in [-0.25, -0.2) is 0 Å². The van der Waals surface area contributed by atoms with Gasteiger partial charge in [0.15, 0.2) is 11.5 Å². The summed E-state index contributed by atoms with van der Waals surface area (Å²) in [5, 5.41) is 2.97. The lowest BCUT2D eigenvalue weighted by atomic mass is 10.0. The fourth-order valence-electron chi connectivity index (χ4n) is 2.41. The van der Waals surface area contributed by atoms with Crippen LogP contribution in [0.15, 0.2) is 48.5 Å². The van der Waals surface area contributed by atoms with Gasteiger partial charge in [-0.2, -0.15) is 0 Å². The maximum atomic E-state index is 12.4. The molecular formula is C20H25NO3. The SMILES string of the molecule is COc1cc(C(=O)NCC(C)c2ccccc2)ccc1OC(C)C. The third kappa shape index (κ3) is 4.75. The Bertz CT molecular complexity index is 668. The second-order valence-corrected chi connectivity index (χ2v) is 6.05. The fourth-order valence-corrected chi connectivity index (χ4v) is 2.41. The van der Waals surface area contributed by atoms with Crippen molar-refractivity contribution in [3.05, 3.63) is 59.7 Å². The van der Waals surface area contributed by atoms with E-state index in [9.17, 15) is 4.79 Å². The Kier molecular flexibility index (Phi) is 6.24. The molecule has 128 valence electrons. The molecule has 1 N–H and O–H groups in total. The predicted octanol–water partition coefficient (Wildman–Crippen LogP) is 4.02. The van der Waals surface area contributed by atoms with E-state index in [0.29, 0.717) is 23.6 Å². The molecule has 2 rings (SSSR count). The maximum Gasteiger partial charge on any atom is 0.251 e. The summed E-state index contributed by atoms with van der Waals surface area (Å²) in [5.74, 6) is 1.34. The molecule has 2 aromatic rings. The molecule has 0 saturated heterocycles. The van der Waals surface area contributed by atoms with Gasteiger partial charge in [0.1, 0.15) is 0 Å². The van der Waals surface area contributed by atoms with Crippen LogP contribution >= 0.6 is 0 Å². The molecule has 0 fully saturated rings. The van der Waals surface area contributed by atoms with E-state index in [1.54, 1.807) is 25.3 Å². The highest BCUT2D eigenvalue weighted by Gasteiger charge is 2.13. The molecule has 24 heavy (non-hydrogen) atoms. The lowest BCUT2D eigenvalue weighted by Crippen LogP contribution is -2.27. The third-order valence-corrected chi connectivity index (χ3v) is 3.73. The highest BCUT2D eigenvalue weighted by atomic mass is 16.5. The minimum absolute atomic E-state index is 0.0466. The minimum atomic E-state index is -0.118. The lowest BCUT2D eigenvalue weighted by molar-refractivity contribution is 0.0951. The molecule has 0 aliphatic rings. The third-order valence-electron chi connectivity index (χ3n) is 3.73. The van der Waals surface area contributed by atoms with Crippen LogP contribution < -0.4 is 14.8 Å². The number of carbonyl (C=O) groups is 1. The summed E-state index contributed by atoms with van der Waals surface area (Å²) in [7, 11) is 1.57. The zero-order valence-electron chi connectivity index (χ0n) is 14.7. The van der Waals surface area contributed by atoms with Crippen molar-refractivity contribution in [2.45, 2.75) is 32.8 Å². The van der Waals surface area contributed by atoms with Crippen LogP contribution in [0.5, 0.6) is 11.5 Å². The van der Waals surface area contributed by atoms with Gasteiger partial charge in [0, 0.05) is 12.1 Å². The Morgan fingerprint density at radius 1 is 1.04 bits per heavy atom. The van der Waals surface area contributed by atoms with E-state index < -0.39 is 0 Å². The van der Waals surface area contributed by atoms with Gasteiger partial charge >= 0.3 is 0 Å². The molecule has 0 bridgehead atoms. The van der Waals surface area contributed by atoms with E-state index in [0.717, 1.165) is 0 Å². The highest BCUT2D eigenvalue weighted by Crippen LogP contribution is 2.29. The average molecular weight is 327 g/mol. The summed E-state index contributed by atoms with van der Waals surface area (Å²) < 4.78 is 11.0. The standard InChI is InChI=1S/C20H25NO3/c1-14(2)24-18-11-10-17(12-19(18)23-4)20(22)21-13-15(3)16-8-6-5-7-9-16/h5-12,14-15H,13H2,1-4H3,(H,21,22). The molecule has 4 nitrogen and oxygen atoms in total. The predicted molar refractivity (Wildman–Crippen MR) is 95.9 cm³/mol. The first-order valence-corrected chi connectivity index (χ1v) is 8.19. The van der Waals surface area contributed by atoms with Gasteiger partial charge in [-0.3, -0.25) is 4.79 Å². The van der Waals surface area contributed by atoms with E-state index in [2.05, 4.69) is 24.4 Å². The van der Waals surface area contributed by atoms with Gasteiger partial charge in [-0.15, -0.1) is 0 Å². The molecule has 1 unspecified atom stereocenters. The molecule has 1 amide bonds. The summed E-state index contributed by atoms with van der Waals surface area (Å²) in [6, 6.07) is 15.4. The molecule has 0 spiro atoms. The number of ether oxygens (including phenoxy) is 2. The van der Waals surface area contributed by atoms with Crippen molar-refractivity contribution >= 4 is 5.91 Å². The van der Waals surface area contributed by atoms with Crippen molar-refractivity contribution in [3.63, 3.8) is 0 Å². The van der Waals surface area contributed by atoms with Gasteiger partial charge in [0.05, 0.1) is 13.2 Å². The van der Waals surface area contributed by atoms with Gasteiger partial charge in [-0.05, 0) is 43.5 Å². The molecule has 2 aromatic carbocycles. The molecule has 1 atom stereocenters. The molecule has 4 heteroatoms. The molecular weight excluding hydrogens is 302 g/mol. The summed E-state index contributed by atoms with van der Waals surface area (Å²) in [6.45, 7) is 6.57. The number of methoxy groups -OCH3 is 1. The zero-order chi connectivity index (χ0) is 17.5. The Morgan fingerprint density at radius 3 is 2.38 bits per heavy atom. The van der Waals surface area contributed by atoms with Crippen LogP contribution in [-0.4, -0.2) is 25.7 Å². The first kappa shape index (κ1) is 17.9. The van der Waals surface area contributed by atoms with Crippen LogP contribution in [0.4, 0.5) is 0 Å². The van der Waals surface area contributed by atoms with Gasteiger partial charge in [0.25, 0.3) is 5.91 Å². The Balaban J connectivity index is 2.02. The van der Waals surface area contributed by atoms with Crippen LogP contribution in [0.25, 0.3) is 0 Å². The van der Waals surface area contributed by atoms with Crippen LogP contribution in [0, 0.1) is 0 Å². The molecule has 0 heterocycles. The van der Waals surface area contributed by atoms with E-state index in [4.69, 9.17) is 9.47 Å². The van der Waals surface area contributed by atoms with Crippen molar-refractivity contribution in [2.24, 2.45) is 0 Å². The first-order chi connectivity index (χ1) is 11.5. The van der Waals surface area contributed by atoms with E-state index in [1.807, 2.05) is 32.0 Å². The number of rotatable bonds is 7. The van der Waals surface area contributed by atoms with Crippen LogP contribution in [-0.2, 0) is 0 Å². The molecule has 0 aliphatic heterocycles. The van der Waals surface area contributed by atoms with Crippen molar-refractivity contribution in [1.82, 2.24) is 5.32 Å². The first-order valence-electron chi connectivity index (χ1n) is 8.19. The van der Waals surface area contributed by atoms with Crippen molar-refractivity contribution in [2.75, 3.05) is 13.7 Å². The quantitative estimate of drug-likeness (QED) is 0.835. The number of hydrogen-bond acceptors (Lipinski definition) is 3. The van der Waals surface area contributed by atoms with E-state index in [-0.39, 0.29) is 17.9 Å². The Hall–Kier alpha value is -2.49. The summed E-state index contributed by atoms with van der Waals surface area (Å²) >= 11 is 0. The smallest absolute Gasteiger partial charge is 0.251 e. The van der Waals surface area contributed by atoms with Gasteiger partial charge in [0.2, 0.25) is 0 Å². The van der Waals surface area contributed by atoms with Crippen molar-refractivity contribution < 1.29 is 14.3 Å². The topological polar surface area (TPSA) is 47.6 Å². The Morgan fingerprint density at radius 2 is 1.75 bits per heavy atom. The number of amides is 1. The molecule has 0 radical (unpaired) electrons. The fraction of sp³-hybridized carbons (Fsp3) is 0.350. The lowest BCUT2D eigenvalue weighted by Gasteiger charge is -2.15. The highest BCUT2D eigenvalue weighted by molar-refractivity contribution is 5.94. The molecule has 0 saturated carbocycles. The van der Waals surface area contributed by atoms with E-state index in [1.165, 1.54) is 5.56 Å². The van der Waals surface area contributed by atoms with Crippen molar-refractivity contribution in [1.29, 1.82) is 0 Å². The average Bonchev–Trinajstić information content (AvgIpc) is 2.60. The molecule has 0 aliphatic carbocycles. The monoisotopic (exact) mass is 327 g/mol.